The van der Waals surface area contributed by atoms with Gasteiger partial charge in [0.25, 0.3) is 0 Å². The van der Waals surface area contributed by atoms with Crippen LogP contribution in [0.5, 0.6) is 0 Å². The summed E-state index contributed by atoms with van der Waals surface area (Å²) in [5, 5.41) is 1.31. The van der Waals surface area contributed by atoms with E-state index in [0.29, 0.717) is 10.2 Å². The number of hydrogen-bond acceptors (Lipinski definition) is 2. The van der Waals surface area contributed by atoms with Gasteiger partial charge in [-0.3, -0.25) is 0 Å². The molecule has 24 heavy (non-hydrogen) atoms. The quantitative estimate of drug-likeness (QED) is 0.475. The molecule has 0 heterocycles. The monoisotopic (exact) mass is 352 g/mol. The number of thioether (sulfide) groups is 1. The molecule has 120 valence electrons. The molecule has 0 atom stereocenters. The fourth-order valence-corrected chi connectivity index (χ4v) is 3.49. The van der Waals surface area contributed by atoms with Crippen LogP contribution >= 0.6 is 23.4 Å². The summed E-state index contributed by atoms with van der Waals surface area (Å²) in [6, 6.07) is 28.0. The maximum absolute atomic E-state index is 6.20. The second-order valence-corrected chi connectivity index (χ2v) is 6.81. The van der Waals surface area contributed by atoms with Crippen molar-refractivity contribution in [3.8, 4) is 0 Å². The molecule has 0 saturated heterocycles. The van der Waals surface area contributed by atoms with Gasteiger partial charge in [0.05, 0.1) is 10.9 Å². The summed E-state index contributed by atoms with van der Waals surface area (Å²) >= 11 is 7.45. The highest BCUT2D eigenvalue weighted by Crippen LogP contribution is 2.36. The van der Waals surface area contributed by atoms with E-state index >= 15 is 0 Å². The normalized spacial score (nSPS) is 11.7. The van der Waals surface area contributed by atoms with E-state index in [4.69, 9.17) is 17.3 Å². The molecule has 0 saturated carbocycles. The van der Waals surface area contributed by atoms with E-state index in [0.717, 1.165) is 5.69 Å². The summed E-state index contributed by atoms with van der Waals surface area (Å²) in [5.41, 5.74) is 9.39. The van der Waals surface area contributed by atoms with Crippen molar-refractivity contribution in [1.29, 1.82) is 0 Å². The molecule has 0 bridgehead atoms. The van der Waals surface area contributed by atoms with Gasteiger partial charge in [-0.15, -0.1) is 0 Å². The van der Waals surface area contributed by atoms with E-state index in [2.05, 4.69) is 29.3 Å². The summed E-state index contributed by atoms with van der Waals surface area (Å²) in [7, 11) is 0. The van der Waals surface area contributed by atoms with Crippen molar-refractivity contribution in [2.75, 3.05) is 0 Å². The average Bonchev–Trinajstić information content (AvgIpc) is 2.63. The van der Waals surface area contributed by atoms with Crippen LogP contribution in [0.1, 0.15) is 16.4 Å². The molecule has 3 aromatic carbocycles. The van der Waals surface area contributed by atoms with Gasteiger partial charge in [-0.2, -0.15) is 0 Å². The second-order valence-electron chi connectivity index (χ2n) is 5.25. The lowest BCUT2D eigenvalue weighted by Crippen LogP contribution is -2.10. The van der Waals surface area contributed by atoms with Crippen molar-refractivity contribution in [3.05, 3.63) is 101 Å². The van der Waals surface area contributed by atoms with Crippen LogP contribution in [0.3, 0.4) is 0 Å². The Morgan fingerprint density at radius 3 is 1.79 bits per heavy atom. The van der Waals surface area contributed by atoms with Gasteiger partial charge in [-0.25, -0.2) is 4.99 Å². The molecule has 2 N–H and O–H groups in total. The first-order valence-electron chi connectivity index (χ1n) is 7.58. The molecule has 0 aromatic heterocycles. The van der Waals surface area contributed by atoms with Crippen molar-refractivity contribution in [3.63, 3.8) is 0 Å². The van der Waals surface area contributed by atoms with Crippen LogP contribution in [-0.2, 0) is 0 Å². The van der Waals surface area contributed by atoms with Gasteiger partial charge >= 0.3 is 0 Å². The van der Waals surface area contributed by atoms with Crippen molar-refractivity contribution in [2.24, 2.45) is 10.7 Å². The Labute approximate surface area is 151 Å². The smallest absolute Gasteiger partial charge is 0.160 e. The number of hydrogen-bond donors (Lipinski definition) is 1. The topological polar surface area (TPSA) is 38.4 Å². The van der Waals surface area contributed by atoms with E-state index in [9.17, 15) is 0 Å². The van der Waals surface area contributed by atoms with E-state index in [1.165, 1.54) is 11.1 Å². The predicted molar refractivity (Wildman–Crippen MR) is 105 cm³/mol. The third-order valence-corrected chi connectivity index (χ3v) is 4.87. The molecular formula is C20H17ClN2S. The second kappa shape index (κ2) is 8.04. The van der Waals surface area contributed by atoms with Crippen LogP contribution in [0.4, 0.5) is 5.69 Å². The maximum Gasteiger partial charge on any atom is 0.160 e. The minimum absolute atomic E-state index is 0.100. The van der Waals surface area contributed by atoms with Crippen LogP contribution in [0.15, 0.2) is 89.9 Å². The summed E-state index contributed by atoms with van der Waals surface area (Å²) < 4.78 is 0. The minimum Gasteiger partial charge on any atom is -0.378 e. The number of halogens is 1. The zero-order valence-corrected chi connectivity index (χ0v) is 14.5. The number of benzene rings is 3. The number of rotatable bonds is 4. The lowest BCUT2D eigenvalue weighted by molar-refractivity contribution is 1.16. The van der Waals surface area contributed by atoms with Gasteiger partial charge in [0.1, 0.15) is 0 Å². The predicted octanol–water partition coefficient (Wildman–Crippen LogP) is 5.81. The van der Waals surface area contributed by atoms with Crippen LogP contribution in [0.25, 0.3) is 0 Å². The standard InChI is InChI=1S/C20H17ClN2S/c21-17-11-13-18(14-12-17)23-20(22)24-19(15-7-3-1-4-8-15)16-9-5-2-6-10-16/h1-14,19H,(H2,22,23). The lowest BCUT2D eigenvalue weighted by Gasteiger charge is -2.17. The zero-order valence-electron chi connectivity index (χ0n) is 13.0. The average molecular weight is 353 g/mol. The van der Waals surface area contributed by atoms with E-state index in [1.807, 2.05) is 60.7 Å². The highest BCUT2D eigenvalue weighted by atomic mass is 35.5. The Balaban J connectivity index is 1.88. The van der Waals surface area contributed by atoms with Crippen LogP contribution in [-0.4, -0.2) is 5.17 Å². The molecule has 0 spiro atoms. The SMILES string of the molecule is NC(=Nc1ccc(Cl)cc1)SC(c1ccccc1)c1ccccc1. The third kappa shape index (κ3) is 4.40. The Hall–Kier alpha value is -2.23. The van der Waals surface area contributed by atoms with Crippen LogP contribution in [0, 0.1) is 0 Å². The highest BCUT2D eigenvalue weighted by molar-refractivity contribution is 8.14. The first-order chi connectivity index (χ1) is 11.7. The van der Waals surface area contributed by atoms with E-state index < -0.39 is 0 Å². The summed E-state index contributed by atoms with van der Waals surface area (Å²) in [5.74, 6) is 0. The maximum atomic E-state index is 6.20. The summed E-state index contributed by atoms with van der Waals surface area (Å²) in [4.78, 5) is 4.49. The van der Waals surface area contributed by atoms with Crippen LogP contribution in [0.2, 0.25) is 5.02 Å². The molecule has 4 heteroatoms. The highest BCUT2D eigenvalue weighted by Gasteiger charge is 2.16. The van der Waals surface area contributed by atoms with Crippen molar-refractivity contribution in [1.82, 2.24) is 0 Å². The fraction of sp³-hybridized carbons (Fsp3) is 0.0500. The third-order valence-electron chi connectivity index (χ3n) is 3.51. The largest absolute Gasteiger partial charge is 0.378 e. The van der Waals surface area contributed by atoms with Crippen molar-refractivity contribution in [2.45, 2.75) is 5.25 Å². The first-order valence-corrected chi connectivity index (χ1v) is 8.84. The molecule has 3 rings (SSSR count). The molecule has 0 aliphatic carbocycles. The number of aliphatic imine (C=N–C) groups is 1. The molecule has 3 aromatic rings. The van der Waals surface area contributed by atoms with Crippen molar-refractivity contribution >= 4 is 34.2 Å². The van der Waals surface area contributed by atoms with Gasteiger partial charge in [-0.1, -0.05) is 84.0 Å². The summed E-state index contributed by atoms with van der Waals surface area (Å²) in [6.07, 6.45) is 0. The Bertz CT molecular complexity index is 763. The number of nitrogens with zero attached hydrogens (tertiary/aromatic N) is 1. The van der Waals surface area contributed by atoms with Gasteiger partial charge in [-0.05, 0) is 35.4 Å². The molecule has 0 aliphatic heterocycles. The summed E-state index contributed by atoms with van der Waals surface area (Å²) in [6.45, 7) is 0. The van der Waals surface area contributed by atoms with Gasteiger partial charge in [0.2, 0.25) is 0 Å². The van der Waals surface area contributed by atoms with Crippen molar-refractivity contribution < 1.29 is 0 Å². The zero-order chi connectivity index (χ0) is 16.8. The number of amidine groups is 1. The van der Waals surface area contributed by atoms with Gasteiger partial charge in [0, 0.05) is 5.02 Å². The molecule has 2 nitrogen and oxygen atoms in total. The molecular weight excluding hydrogens is 336 g/mol. The van der Waals surface area contributed by atoms with Gasteiger partial charge in [0.15, 0.2) is 5.17 Å². The molecule has 0 unspecified atom stereocenters. The fourth-order valence-electron chi connectivity index (χ4n) is 2.37. The first kappa shape index (κ1) is 16.6. The Morgan fingerprint density at radius 2 is 1.29 bits per heavy atom. The lowest BCUT2D eigenvalue weighted by atomic mass is 10.0. The molecule has 0 aliphatic rings. The van der Waals surface area contributed by atoms with Crippen LogP contribution < -0.4 is 5.73 Å². The molecule has 0 amide bonds. The minimum atomic E-state index is 0.100. The van der Waals surface area contributed by atoms with Gasteiger partial charge < -0.3 is 5.73 Å². The Kier molecular flexibility index (Phi) is 5.57. The molecule has 0 radical (unpaired) electrons. The Morgan fingerprint density at radius 1 is 0.792 bits per heavy atom. The number of nitrogens with two attached hydrogens (primary N) is 1. The van der Waals surface area contributed by atoms with E-state index in [-0.39, 0.29) is 5.25 Å². The van der Waals surface area contributed by atoms with E-state index in [1.54, 1.807) is 11.8 Å². The molecule has 0 fully saturated rings.